The van der Waals surface area contributed by atoms with E-state index in [9.17, 15) is 27.6 Å². The summed E-state index contributed by atoms with van der Waals surface area (Å²) in [5, 5.41) is 2.18. The summed E-state index contributed by atoms with van der Waals surface area (Å²) in [5.74, 6) is -6.51. The van der Waals surface area contributed by atoms with E-state index in [4.69, 9.17) is 11.6 Å². The van der Waals surface area contributed by atoms with Gasteiger partial charge in [-0.25, -0.2) is 4.39 Å². The summed E-state index contributed by atoms with van der Waals surface area (Å²) in [6, 6.07) is 6.70. The second kappa shape index (κ2) is 8.67. The van der Waals surface area contributed by atoms with E-state index in [1.807, 2.05) is 0 Å². The van der Waals surface area contributed by atoms with Crippen molar-refractivity contribution in [3.63, 3.8) is 0 Å². The molecule has 1 fully saturated rings. The number of allylic oxidation sites excluding steroid dienone is 1. The number of hydrogen-bond donors (Lipinski definition) is 1. The molecule has 33 heavy (non-hydrogen) atoms. The van der Waals surface area contributed by atoms with Crippen LogP contribution in [0, 0.1) is 5.82 Å². The summed E-state index contributed by atoms with van der Waals surface area (Å²) in [7, 11) is 0. The van der Waals surface area contributed by atoms with Crippen LogP contribution in [-0.2, 0) is 28.5 Å². The first-order valence-electron chi connectivity index (χ1n) is 10.4. The molecule has 1 N–H and O–H groups in total. The maximum atomic E-state index is 14.5. The van der Waals surface area contributed by atoms with Gasteiger partial charge in [-0.3, -0.25) is 14.4 Å². The van der Waals surface area contributed by atoms with Crippen LogP contribution in [0.5, 0.6) is 0 Å². The molecule has 5 nitrogen and oxygen atoms in total. The van der Waals surface area contributed by atoms with Gasteiger partial charge in [-0.2, -0.15) is 8.78 Å². The molecule has 0 spiro atoms. The minimum atomic E-state index is -3.81. The van der Waals surface area contributed by atoms with Gasteiger partial charge in [-0.1, -0.05) is 30.3 Å². The lowest BCUT2D eigenvalue weighted by Gasteiger charge is -2.30. The van der Waals surface area contributed by atoms with Gasteiger partial charge in [0, 0.05) is 29.8 Å². The molecule has 1 atom stereocenters. The van der Waals surface area contributed by atoms with E-state index in [0.717, 1.165) is 18.2 Å². The van der Waals surface area contributed by atoms with E-state index >= 15 is 0 Å². The largest absolute Gasteiger partial charge is 0.330 e. The van der Waals surface area contributed by atoms with Crippen molar-refractivity contribution in [2.75, 3.05) is 0 Å². The Kier molecular flexibility index (Phi) is 6.05. The van der Waals surface area contributed by atoms with E-state index in [1.54, 1.807) is 18.2 Å². The van der Waals surface area contributed by atoms with E-state index in [1.165, 1.54) is 4.90 Å². The van der Waals surface area contributed by atoms with Crippen molar-refractivity contribution >= 4 is 29.2 Å². The molecule has 1 saturated heterocycles. The van der Waals surface area contributed by atoms with Crippen molar-refractivity contribution in [2.45, 2.75) is 44.2 Å². The molecular weight excluding hydrogens is 457 g/mol. The smallest absolute Gasteiger partial charge is 0.329 e. The molecule has 172 valence electrons. The molecular formula is C24H20ClF3N2O3. The topological polar surface area (TPSA) is 66.5 Å². The highest BCUT2D eigenvalue weighted by Gasteiger charge is 2.41. The zero-order valence-corrected chi connectivity index (χ0v) is 18.2. The standard InChI is InChI=1S/C24H20ClF3N2O3/c1-13-2-8-20(22(32)29-13)30-12-15-10-14(3-6-17(15)23(30)33)4-9-21(31)24(27,28)16-5-7-19(26)18(25)11-16/h3,5-7,10-11,20H,1-2,4,8-9,12H2,(H,29,32). The predicted molar refractivity (Wildman–Crippen MR) is 115 cm³/mol. The first-order chi connectivity index (χ1) is 15.6. The Bertz CT molecular complexity index is 1180. The van der Waals surface area contributed by atoms with Crippen LogP contribution in [0.1, 0.15) is 46.3 Å². The number of nitrogens with zero attached hydrogens (tertiary/aromatic N) is 1. The number of fused-ring (bicyclic) bond motifs is 1. The summed E-state index contributed by atoms with van der Waals surface area (Å²) < 4.78 is 42.3. The number of halogens is 4. The maximum Gasteiger partial charge on any atom is 0.330 e. The number of piperidine rings is 1. The molecule has 0 bridgehead atoms. The first kappa shape index (κ1) is 23.0. The minimum absolute atomic E-state index is 0.0363. The lowest BCUT2D eigenvalue weighted by molar-refractivity contribution is -0.144. The number of nitrogens with one attached hydrogen (secondary N) is 1. The molecule has 4 rings (SSSR count). The highest BCUT2D eigenvalue weighted by molar-refractivity contribution is 6.30. The number of carbonyl (C=O) groups excluding carboxylic acids is 3. The average molecular weight is 477 g/mol. The number of rotatable bonds is 6. The van der Waals surface area contributed by atoms with Gasteiger partial charge in [0.1, 0.15) is 11.9 Å². The lowest BCUT2D eigenvalue weighted by Crippen LogP contribution is -2.49. The molecule has 9 heteroatoms. The third kappa shape index (κ3) is 4.39. The van der Waals surface area contributed by atoms with Crippen LogP contribution in [0.2, 0.25) is 5.02 Å². The molecule has 0 aromatic heterocycles. The highest BCUT2D eigenvalue weighted by atomic mass is 35.5. The van der Waals surface area contributed by atoms with Crippen molar-refractivity contribution in [3.05, 3.63) is 81.8 Å². The summed E-state index contributed by atoms with van der Waals surface area (Å²) >= 11 is 5.57. The van der Waals surface area contributed by atoms with Crippen LogP contribution in [-0.4, -0.2) is 28.5 Å². The quantitative estimate of drug-likeness (QED) is 0.666. The van der Waals surface area contributed by atoms with Crippen molar-refractivity contribution in [3.8, 4) is 0 Å². The predicted octanol–water partition coefficient (Wildman–Crippen LogP) is 4.52. The molecule has 1 unspecified atom stereocenters. The molecule has 2 aliphatic rings. The zero-order valence-electron chi connectivity index (χ0n) is 17.5. The van der Waals surface area contributed by atoms with Gasteiger partial charge >= 0.3 is 5.92 Å². The van der Waals surface area contributed by atoms with Crippen molar-refractivity contribution in [1.82, 2.24) is 10.2 Å². The zero-order chi connectivity index (χ0) is 23.9. The number of benzene rings is 2. The molecule has 2 aromatic rings. The Hall–Kier alpha value is -3.13. The van der Waals surface area contributed by atoms with Crippen LogP contribution < -0.4 is 5.32 Å². The van der Waals surface area contributed by atoms with Crippen molar-refractivity contribution in [1.29, 1.82) is 0 Å². The van der Waals surface area contributed by atoms with E-state index < -0.39 is 40.6 Å². The Balaban J connectivity index is 1.44. The third-order valence-electron chi connectivity index (χ3n) is 5.97. The van der Waals surface area contributed by atoms with Gasteiger partial charge in [-0.05, 0) is 54.7 Å². The van der Waals surface area contributed by atoms with Crippen LogP contribution in [0.25, 0.3) is 0 Å². The van der Waals surface area contributed by atoms with Crippen LogP contribution in [0.3, 0.4) is 0 Å². The summed E-state index contributed by atoms with van der Waals surface area (Å²) in [6.45, 7) is 3.96. The van der Waals surface area contributed by atoms with E-state index in [-0.39, 0.29) is 24.8 Å². The van der Waals surface area contributed by atoms with Gasteiger partial charge in [0.05, 0.1) is 5.02 Å². The van der Waals surface area contributed by atoms with Gasteiger partial charge in [-0.15, -0.1) is 0 Å². The maximum absolute atomic E-state index is 14.5. The number of Topliss-reactive ketones (excluding diaryl/α,β-unsaturated/α-hetero) is 1. The monoisotopic (exact) mass is 476 g/mol. The molecule has 0 radical (unpaired) electrons. The molecule has 2 aromatic carbocycles. The van der Waals surface area contributed by atoms with Gasteiger partial charge < -0.3 is 10.2 Å². The van der Waals surface area contributed by atoms with Gasteiger partial charge in [0.25, 0.3) is 5.91 Å². The van der Waals surface area contributed by atoms with Crippen molar-refractivity contribution < 1.29 is 27.6 Å². The Morgan fingerprint density at radius 1 is 1.21 bits per heavy atom. The van der Waals surface area contributed by atoms with E-state index in [0.29, 0.717) is 35.2 Å². The summed E-state index contributed by atoms with van der Waals surface area (Å²) in [4.78, 5) is 38.8. The molecule has 2 heterocycles. The fourth-order valence-electron chi connectivity index (χ4n) is 4.13. The second-order valence-corrected chi connectivity index (χ2v) is 8.61. The van der Waals surface area contributed by atoms with Gasteiger partial charge in [0.2, 0.25) is 11.7 Å². The van der Waals surface area contributed by atoms with E-state index in [2.05, 4.69) is 11.9 Å². The number of hydrogen-bond acceptors (Lipinski definition) is 3. The number of aryl methyl sites for hydroxylation is 1. The number of alkyl halides is 2. The third-order valence-corrected chi connectivity index (χ3v) is 6.26. The normalized spacial score (nSPS) is 18.4. The summed E-state index contributed by atoms with van der Waals surface area (Å²) in [6.07, 6.45) is 0.645. The minimum Gasteiger partial charge on any atom is -0.329 e. The van der Waals surface area contributed by atoms with Gasteiger partial charge in [0.15, 0.2) is 0 Å². The van der Waals surface area contributed by atoms with Crippen LogP contribution >= 0.6 is 11.6 Å². The van der Waals surface area contributed by atoms with Crippen LogP contribution in [0.15, 0.2) is 48.7 Å². The fraction of sp³-hybridized carbons (Fsp3) is 0.292. The molecule has 0 aliphatic carbocycles. The molecule has 2 aliphatic heterocycles. The number of ketones is 1. The molecule has 2 amide bonds. The Labute approximate surface area is 193 Å². The van der Waals surface area contributed by atoms with Crippen molar-refractivity contribution in [2.24, 2.45) is 0 Å². The average Bonchev–Trinajstić information content (AvgIpc) is 3.09. The Morgan fingerprint density at radius 2 is 1.97 bits per heavy atom. The highest BCUT2D eigenvalue weighted by Crippen LogP contribution is 2.34. The lowest BCUT2D eigenvalue weighted by atomic mass is 9.97. The fourth-order valence-corrected chi connectivity index (χ4v) is 4.31. The first-order valence-corrected chi connectivity index (χ1v) is 10.7. The molecule has 0 saturated carbocycles. The summed E-state index contributed by atoms with van der Waals surface area (Å²) in [5.41, 5.74) is 1.70. The number of carbonyl (C=O) groups is 3. The SMILES string of the molecule is C=C1CCC(N2Cc3cc(CCC(=O)C(F)(F)c4ccc(F)c(Cl)c4)ccc3C2=O)C(=O)N1. The van der Waals surface area contributed by atoms with Crippen LogP contribution in [0.4, 0.5) is 13.2 Å². The Morgan fingerprint density at radius 3 is 2.67 bits per heavy atom. The second-order valence-electron chi connectivity index (χ2n) is 8.20. The number of amides is 2.